The Kier molecular flexibility index (Phi) is 2.12. The zero-order valence-corrected chi connectivity index (χ0v) is 8.42. The number of hydrogen-bond acceptors (Lipinski definition) is 2. The van der Waals surface area contributed by atoms with Crippen molar-refractivity contribution in [3.05, 3.63) is 46.7 Å². The number of allylic oxidation sites excluding steroid dienone is 2. The van der Waals surface area contributed by atoms with Crippen LogP contribution in [0.25, 0.3) is 0 Å². The Morgan fingerprint density at radius 3 is 2.93 bits per heavy atom. The van der Waals surface area contributed by atoms with E-state index in [2.05, 4.69) is 6.07 Å². The Balaban J connectivity index is 2.54. The summed E-state index contributed by atoms with van der Waals surface area (Å²) < 4.78 is 5.44. The molecule has 0 spiro atoms. The lowest BCUT2D eigenvalue weighted by molar-refractivity contribution is 0.211. The van der Waals surface area contributed by atoms with Gasteiger partial charge in [-0.25, -0.2) is 0 Å². The molecule has 1 aliphatic rings. The number of rotatable bonds is 0. The van der Waals surface area contributed by atoms with Crippen LogP contribution in [0.15, 0.2) is 30.0 Å². The van der Waals surface area contributed by atoms with Gasteiger partial charge in [0.1, 0.15) is 18.1 Å². The van der Waals surface area contributed by atoms with Crippen LogP contribution in [0.1, 0.15) is 23.6 Å². The van der Waals surface area contributed by atoms with E-state index in [0.717, 1.165) is 11.1 Å². The van der Waals surface area contributed by atoms with E-state index in [1.165, 1.54) is 5.56 Å². The maximum absolute atomic E-state index is 7.93. The predicted octanol–water partition coefficient (Wildman–Crippen LogP) is 2.80. The molecule has 1 aromatic rings. The standard InChI is InChI=1S/C12H13NO/c1-3-11-12(13)10-6-8(2)4-5-9(10)7-14-11/h3-6,13H,7H2,1-2H3/b11-3-,13-12?. The predicted molar refractivity (Wildman–Crippen MR) is 56.6 cm³/mol. The molecule has 72 valence electrons. The molecule has 0 aromatic heterocycles. The van der Waals surface area contributed by atoms with Gasteiger partial charge in [0.25, 0.3) is 0 Å². The van der Waals surface area contributed by atoms with Crippen molar-refractivity contribution in [3.63, 3.8) is 0 Å². The van der Waals surface area contributed by atoms with Gasteiger partial charge >= 0.3 is 0 Å². The molecule has 0 radical (unpaired) electrons. The Morgan fingerprint density at radius 2 is 2.21 bits per heavy atom. The lowest BCUT2D eigenvalue weighted by Crippen LogP contribution is -2.16. The van der Waals surface area contributed by atoms with Crippen LogP contribution in [0.3, 0.4) is 0 Å². The molecular weight excluding hydrogens is 174 g/mol. The topological polar surface area (TPSA) is 33.1 Å². The molecule has 0 saturated carbocycles. The van der Waals surface area contributed by atoms with Gasteiger partial charge in [-0.15, -0.1) is 0 Å². The molecule has 0 saturated heterocycles. The SMILES string of the molecule is C/C=C1\OCc2ccc(C)cc2C1=N. The van der Waals surface area contributed by atoms with Gasteiger partial charge in [0.05, 0.1) is 0 Å². The normalized spacial score (nSPS) is 17.9. The summed E-state index contributed by atoms with van der Waals surface area (Å²) in [5.41, 5.74) is 3.79. The van der Waals surface area contributed by atoms with Gasteiger partial charge < -0.3 is 4.74 Å². The molecule has 1 aromatic carbocycles. The molecule has 2 rings (SSSR count). The molecule has 14 heavy (non-hydrogen) atoms. The van der Waals surface area contributed by atoms with Crippen molar-refractivity contribution in [2.24, 2.45) is 0 Å². The number of aryl methyl sites for hydroxylation is 1. The Hall–Kier alpha value is -1.57. The molecule has 0 amide bonds. The van der Waals surface area contributed by atoms with Crippen molar-refractivity contribution >= 4 is 5.71 Å². The van der Waals surface area contributed by atoms with Crippen molar-refractivity contribution in [2.75, 3.05) is 0 Å². The van der Waals surface area contributed by atoms with E-state index >= 15 is 0 Å². The van der Waals surface area contributed by atoms with E-state index in [0.29, 0.717) is 18.1 Å². The highest BCUT2D eigenvalue weighted by Crippen LogP contribution is 2.23. The monoisotopic (exact) mass is 187 g/mol. The highest BCUT2D eigenvalue weighted by atomic mass is 16.5. The molecule has 0 aliphatic carbocycles. The fraction of sp³-hybridized carbons (Fsp3) is 0.250. The van der Waals surface area contributed by atoms with Gasteiger partial charge in [-0.2, -0.15) is 0 Å². The molecule has 0 bridgehead atoms. The zero-order chi connectivity index (χ0) is 10.1. The number of ether oxygens (including phenoxy) is 1. The van der Waals surface area contributed by atoms with Crippen molar-refractivity contribution < 1.29 is 4.74 Å². The molecule has 0 atom stereocenters. The average Bonchev–Trinajstić information content (AvgIpc) is 2.20. The summed E-state index contributed by atoms with van der Waals surface area (Å²) in [5, 5.41) is 7.93. The highest BCUT2D eigenvalue weighted by Gasteiger charge is 2.18. The maximum Gasteiger partial charge on any atom is 0.141 e. The highest BCUT2D eigenvalue weighted by molar-refractivity contribution is 6.10. The van der Waals surface area contributed by atoms with E-state index in [1.807, 2.05) is 32.1 Å². The fourth-order valence-electron chi connectivity index (χ4n) is 1.64. The first-order valence-electron chi connectivity index (χ1n) is 4.70. The third-order valence-electron chi connectivity index (χ3n) is 2.43. The lowest BCUT2D eigenvalue weighted by atomic mass is 9.97. The lowest BCUT2D eigenvalue weighted by Gasteiger charge is -2.21. The molecule has 1 N–H and O–H groups in total. The van der Waals surface area contributed by atoms with Crippen molar-refractivity contribution in [1.29, 1.82) is 5.41 Å². The summed E-state index contributed by atoms with van der Waals surface area (Å²) in [6, 6.07) is 6.13. The molecule has 0 fully saturated rings. The van der Waals surface area contributed by atoms with Gasteiger partial charge in [0.15, 0.2) is 0 Å². The number of hydrogen-bond donors (Lipinski definition) is 1. The van der Waals surface area contributed by atoms with E-state index < -0.39 is 0 Å². The second kappa shape index (κ2) is 3.29. The van der Waals surface area contributed by atoms with Crippen molar-refractivity contribution in [1.82, 2.24) is 0 Å². The summed E-state index contributed by atoms with van der Waals surface area (Å²) in [7, 11) is 0. The summed E-state index contributed by atoms with van der Waals surface area (Å²) in [6.07, 6.45) is 1.84. The molecule has 2 nitrogen and oxygen atoms in total. The first kappa shape index (κ1) is 9.00. The van der Waals surface area contributed by atoms with Gasteiger partial charge in [0, 0.05) is 5.56 Å². The largest absolute Gasteiger partial charge is 0.487 e. The van der Waals surface area contributed by atoms with E-state index in [9.17, 15) is 0 Å². The molecule has 1 aliphatic heterocycles. The Morgan fingerprint density at radius 1 is 1.43 bits per heavy atom. The van der Waals surface area contributed by atoms with Crippen LogP contribution in [0.5, 0.6) is 0 Å². The summed E-state index contributed by atoms with van der Waals surface area (Å²) in [6.45, 7) is 4.51. The summed E-state index contributed by atoms with van der Waals surface area (Å²) >= 11 is 0. The van der Waals surface area contributed by atoms with Gasteiger partial charge in [-0.05, 0) is 31.6 Å². The number of benzene rings is 1. The number of nitrogens with one attached hydrogen (secondary N) is 1. The molecule has 2 heteroatoms. The zero-order valence-electron chi connectivity index (χ0n) is 8.42. The van der Waals surface area contributed by atoms with Gasteiger partial charge in [0.2, 0.25) is 0 Å². The van der Waals surface area contributed by atoms with E-state index in [1.54, 1.807) is 0 Å². The molecule has 0 unspecified atom stereocenters. The van der Waals surface area contributed by atoms with Crippen LogP contribution in [-0.4, -0.2) is 5.71 Å². The smallest absolute Gasteiger partial charge is 0.141 e. The molecular formula is C12H13NO. The third kappa shape index (κ3) is 1.33. The van der Waals surface area contributed by atoms with Crippen molar-refractivity contribution in [2.45, 2.75) is 20.5 Å². The summed E-state index contributed by atoms with van der Waals surface area (Å²) in [5.74, 6) is 0.683. The maximum atomic E-state index is 7.93. The quantitative estimate of drug-likeness (QED) is 0.665. The summed E-state index contributed by atoms with van der Waals surface area (Å²) in [4.78, 5) is 0. The third-order valence-corrected chi connectivity index (χ3v) is 2.43. The average molecular weight is 187 g/mol. The second-order valence-electron chi connectivity index (χ2n) is 3.48. The van der Waals surface area contributed by atoms with Gasteiger partial charge in [-0.3, -0.25) is 5.41 Å². The van der Waals surface area contributed by atoms with Crippen LogP contribution in [0, 0.1) is 12.3 Å². The minimum absolute atomic E-state index is 0.498. The minimum atomic E-state index is 0.498. The van der Waals surface area contributed by atoms with Crippen LogP contribution in [0.2, 0.25) is 0 Å². The van der Waals surface area contributed by atoms with Crippen LogP contribution in [-0.2, 0) is 11.3 Å². The van der Waals surface area contributed by atoms with E-state index in [4.69, 9.17) is 10.1 Å². The van der Waals surface area contributed by atoms with Crippen molar-refractivity contribution in [3.8, 4) is 0 Å². The van der Waals surface area contributed by atoms with Crippen LogP contribution < -0.4 is 0 Å². The Labute approximate surface area is 83.7 Å². The molecule has 1 heterocycles. The van der Waals surface area contributed by atoms with Crippen LogP contribution >= 0.6 is 0 Å². The fourth-order valence-corrected chi connectivity index (χ4v) is 1.64. The van der Waals surface area contributed by atoms with Gasteiger partial charge in [-0.1, -0.05) is 17.7 Å². The first-order chi connectivity index (χ1) is 6.72. The minimum Gasteiger partial charge on any atom is -0.487 e. The van der Waals surface area contributed by atoms with E-state index in [-0.39, 0.29) is 0 Å². The first-order valence-corrected chi connectivity index (χ1v) is 4.70. The number of fused-ring (bicyclic) bond motifs is 1. The second-order valence-corrected chi connectivity index (χ2v) is 3.48. The Bertz CT molecular complexity index is 418. The van der Waals surface area contributed by atoms with Crippen LogP contribution in [0.4, 0.5) is 0 Å².